The Morgan fingerprint density at radius 2 is 2.00 bits per heavy atom. The van der Waals surface area contributed by atoms with Gasteiger partial charge in [0.1, 0.15) is 5.75 Å². The van der Waals surface area contributed by atoms with Crippen LogP contribution in [0.1, 0.15) is 31.7 Å². The lowest BCUT2D eigenvalue weighted by Gasteiger charge is -2.16. The van der Waals surface area contributed by atoms with Crippen LogP contribution >= 0.6 is 0 Å². The summed E-state index contributed by atoms with van der Waals surface area (Å²) in [5, 5.41) is 2.31. The number of imide groups is 1. The smallest absolute Gasteiger partial charge is 0.234 e. The Labute approximate surface area is 100.0 Å². The van der Waals surface area contributed by atoms with Crippen LogP contribution in [0.2, 0.25) is 0 Å². The van der Waals surface area contributed by atoms with Crippen molar-refractivity contribution in [3.05, 3.63) is 29.8 Å². The van der Waals surface area contributed by atoms with E-state index in [4.69, 9.17) is 4.74 Å². The third-order valence-corrected chi connectivity index (χ3v) is 2.63. The highest BCUT2D eigenvalue weighted by Crippen LogP contribution is 2.32. The van der Waals surface area contributed by atoms with E-state index in [1.165, 1.54) is 0 Å². The van der Waals surface area contributed by atoms with Gasteiger partial charge < -0.3 is 4.74 Å². The maximum Gasteiger partial charge on any atom is 0.234 e. The first-order valence-electron chi connectivity index (χ1n) is 5.67. The Bertz CT molecular complexity index is 454. The van der Waals surface area contributed by atoms with Crippen LogP contribution in [0.3, 0.4) is 0 Å². The first-order valence-corrected chi connectivity index (χ1v) is 5.67. The van der Waals surface area contributed by atoms with Crippen molar-refractivity contribution in [2.24, 2.45) is 0 Å². The molecular formula is C13H15NO3. The Morgan fingerprint density at radius 1 is 1.29 bits per heavy atom. The fourth-order valence-corrected chi connectivity index (χ4v) is 1.93. The molecule has 17 heavy (non-hydrogen) atoms. The van der Waals surface area contributed by atoms with Crippen molar-refractivity contribution < 1.29 is 14.3 Å². The molecule has 1 saturated heterocycles. The Kier molecular flexibility index (Phi) is 3.13. The molecule has 0 saturated carbocycles. The van der Waals surface area contributed by atoms with Crippen LogP contribution in [0.25, 0.3) is 0 Å². The number of para-hydroxylation sites is 1. The number of hydrogen-bond donors (Lipinski definition) is 1. The minimum Gasteiger partial charge on any atom is -0.491 e. The van der Waals surface area contributed by atoms with Crippen LogP contribution in [0, 0.1) is 0 Å². The highest BCUT2D eigenvalue weighted by atomic mass is 16.5. The summed E-state index contributed by atoms with van der Waals surface area (Å²) in [7, 11) is 0. The molecule has 1 aromatic carbocycles. The average molecular weight is 233 g/mol. The van der Waals surface area contributed by atoms with Crippen LogP contribution in [-0.2, 0) is 9.59 Å². The summed E-state index contributed by atoms with van der Waals surface area (Å²) < 4.78 is 5.65. The zero-order chi connectivity index (χ0) is 12.4. The molecule has 1 aliphatic rings. The van der Waals surface area contributed by atoms with Gasteiger partial charge in [0.05, 0.1) is 12.0 Å². The van der Waals surface area contributed by atoms with Gasteiger partial charge in [-0.1, -0.05) is 18.2 Å². The molecule has 0 radical (unpaired) electrons. The standard InChI is InChI=1S/C13H15NO3/c1-8(2)17-11-6-4-3-5-9(11)10-7-12(15)14-13(10)16/h3-6,8,10H,7H2,1-2H3,(H,14,15,16)/t10-/m0/s1. The second-order valence-electron chi connectivity index (χ2n) is 4.37. The second-order valence-corrected chi connectivity index (χ2v) is 4.37. The Balaban J connectivity index is 2.31. The van der Waals surface area contributed by atoms with Crippen molar-refractivity contribution in [1.82, 2.24) is 5.32 Å². The molecule has 90 valence electrons. The van der Waals surface area contributed by atoms with E-state index in [0.29, 0.717) is 5.75 Å². The highest BCUT2D eigenvalue weighted by Gasteiger charge is 2.33. The van der Waals surface area contributed by atoms with Crippen LogP contribution in [0.5, 0.6) is 5.75 Å². The maximum absolute atomic E-state index is 11.6. The molecule has 0 aliphatic carbocycles. The summed E-state index contributed by atoms with van der Waals surface area (Å²) in [5.41, 5.74) is 0.782. The molecule has 1 heterocycles. The summed E-state index contributed by atoms with van der Waals surface area (Å²) in [5.74, 6) is -0.205. The molecule has 4 heteroatoms. The van der Waals surface area contributed by atoms with Gasteiger partial charge in [-0.2, -0.15) is 0 Å². The number of rotatable bonds is 3. The van der Waals surface area contributed by atoms with Crippen molar-refractivity contribution in [2.45, 2.75) is 32.3 Å². The lowest BCUT2D eigenvalue weighted by Crippen LogP contribution is -2.21. The molecule has 1 atom stereocenters. The molecule has 0 aromatic heterocycles. The highest BCUT2D eigenvalue weighted by molar-refractivity contribution is 6.06. The van der Waals surface area contributed by atoms with E-state index in [1.54, 1.807) is 0 Å². The van der Waals surface area contributed by atoms with Gasteiger partial charge in [0, 0.05) is 12.0 Å². The van der Waals surface area contributed by atoms with E-state index in [9.17, 15) is 9.59 Å². The fraction of sp³-hybridized carbons (Fsp3) is 0.385. The molecule has 1 fully saturated rings. The van der Waals surface area contributed by atoms with Gasteiger partial charge in [-0.05, 0) is 19.9 Å². The summed E-state index contributed by atoms with van der Waals surface area (Å²) in [4.78, 5) is 22.8. The zero-order valence-corrected chi connectivity index (χ0v) is 9.90. The van der Waals surface area contributed by atoms with Gasteiger partial charge in [-0.25, -0.2) is 0 Å². The first-order chi connectivity index (χ1) is 8.08. The summed E-state index contributed by atoms with van der Waals surface area (Å²) >= 11 is 0. The van der Waals surface area contributed by atoms with Crippen LogP contribution in [-0.4, -0.2) is 17.9 Å². The number of carbonyl (C=O) groups excluding carboxylic acids is 2. The average Bonchev–Trinajstić information content (AvgIpc) is 2.58. The molecule has 0 unspecified atom stereocenters. The van der Waals surface area contributed by atoms with E-state index in [2.05, 4.69) is 5.32 Å². The predicted octanol–water partition coefficient (Wildman–Crippen LogP) is 1.60. The van der Waals surface area contributed by atoms with Crippen molar-refractivity contribution in [1.29, 1.82) is 0 Å². The van der Waals surface area contributed by atoms with Crippen molar-refractivity contribution >= 4 is 11.8 Å². The molecule has 0 bridgehead atoms. The number of carbonyl (C=O) groups is 2. The molecular weight excluding hydrogens is 218 g/mol. The minimum atomic E-state index is -0.419. The third-order valence-electron chi connectivity index (χ3n) is 2.63. The van der Waals surface area contributed by atoms with Gasteiger partial charge >= 0.3 is 0 Å². The van der Waals surface area contributed by atoms with E-state index < -0.39 is 5.92 Å². The number of amides is 2. The predicted molar refractivity (Wildman–Crippen MR) is 62.7 cm³/mol. The van der Waals surface area contributed by atoms with Crippen molar-refractivity contribution in [3.8, 4) is 5.75 Å². The van der Waals surface area contributed by atoms with Crippen LogP contribution in [0.15, 0.2) is 24.3 Å². The number of benzene rings is 1. The quantitative estimate of drug-likeness (QED) is 0.807. The molecule has 1 N–H and O–H groups in total. The van der Waals surface area contributed by atoms with E-state index in [0.717, 1.165) is 5.56 Å². The normalized spacial score (nSPS) is 19.6. The van der Waals surface area contributed by atoms with Crippen molar-refractivity contribution in [3.63, 3.8) is 0 Å². The largest absolute Gasteiger partial charge is 0.491 e. The molecule has 2 amide bonds. The zero-order valence-electron chi connectivity index (χ0n) is 9.90. The maximum atomic E-state index is 11.6. The SMILES string of the molecule is CC(C)Oc1ccccc1[C@@H]1CC(=O)NC1=O. The van der Waals surface area contributed by atoms with E-state index in [-0.39, 0.29) is 24.3 Å². The van der Waals surface area contributed by atoms with E-state index in [1.807, 2.05) is 38.1 Å². The van der Waals surface area contributed by atoms with E-state index >= 15 is 0 Å². The molecule has 0 spiro atoms. The Morgan fingerprint density at radius 3 is 2.59 bits per heavy atom. The first kappa shape index (κ1) is 11.6. The van der Waals surface area contributed by atoms with Crippen LogP contribution < -0.4 is 10.1 Å². The number of ether oxygens (including phenoxy) is 1. The number of nitrogens with one attached hydrogen (secondary N) is 1. The second kappa shape index (κ2) is 4.57. The lowest BCUT2D eigenvalue weighted by atomic mass is 9.96. The van der Waals surface area contributed by atoms with Gasteiger partial charge in [-0.15, -0.1) is 0 Å². The fourth-order valence-electron chi connectivity index (χ4n) is 1.93. The monoisotopic (exact) mass is 233 g/mol. The molecule has 2 rings (SSSR count). The number of hydrogen-bond acceptors (Lipinski definition) is 3. The summed E-state index contributed by atoms with van der Waals surface area (Å²) in [6.45, 7) is 3.85. The minimum absolute atomic E-state index is 0.0383. The topological polar surface area (TPSA) is 55.4 Å². The summed E-state index contributed by atoms with van der Waals surface area (Å²) in [6.07, 6.45) is 0.244. The van der Waals surface area contributed by atoms with Gasteiger partial charge in [0.2, 0.25) is 11.8 Å². The molecule has 1 aliphatic heterocycles. The lowest BCUT2D eigenvalue weighted by molar-refractivity contribution is -0.125. The van der Waals surface area contributed by atoms with Crippen LogP contribution in [0.4, 0.5) is 0 Å². The molecule has 1 aromatic rings. The van der Waals surface area contributed by atoms with Gasteiger partial charge in [0.15, 0.2) is 0 Å². The van der Waals surface area contributed by atoms with Crippen molar-refractivity contribution in [2.75, 3.05) is 0 Å². The van der Waals surface area contributed by atoms with Gasteiger partial charge in [0.25, 0.3) is 0 Å². The molecule has 4 nitrogen and oxygen atoms in total. The Hall–Kier alpha value is -1.84. The summed E-state index contributed by atoms with van der Waals surface area (Å²) in [6, 6.07) is 7.36. The van der Waals surface area contributed by atoms with Gasteiger partial charge in [-0.3, -0.25) is 14.9 Å². The third kappa shape index (κ3) is 2.46.